The zero-order valence-electron chi connectivity index (χ0n) is 10.7. The molecule has 94 valence electrons. The lowest BCUT2D eigenvalue weighted by atomic mass is 9.91. The second-order valence-corrected chi connectivity index (χ2v) is 5.08. The Balaban J connectivity index is 2.04. The highest BCUT2D eigenvalue weighted by atomic mass is 19.1. The van der Waals surface area contributed by atoms with Gasteiger partial charge in [-0.15, -0.1) is 0 Å². The molecule has 0 radical (unpaired) electrons. The first-order valence-electron chi connectivity index (χ1n) is 6.33. The molecule has 0 saturated carbocycles. The maximum absolute atomic E-state index is 13.8. The molecule has 0 spiro atoms. The van der Waals surface area contributed by atoms with Gasteiger partial charge in [0, 0.05) is 14.1 Å². The van der Waals surface area contributed by atoms with Crippen LogP contribution in [0.2, 0.25) is 0 Å². The summed E-state index contributed by atoms with van der Waals surface area (Å²) in [5.41, 5.74) is 1.79. The number of piperidine rings is 1. The number of nitrogens with zero attached hydrogens (tertiary/aromatic N) is 1. The third kappa shape index (κ3) is 3.19. The van der Waals surface area contributed by atoms with E-state index in [2.05, 4.69) is 11.4 Å². The van der Waals surface area contributed by atoms with Crippen LogP contribution in [0, 0.1) is 11.7 Å². The lowest BCUT2D eigenvalue weighted by molar-refractivity contribution is 0.372. The summed E-state index contributed by atoms with van der Waals surface area (Å²) < 4.78 is 13.8. The molecular formula is C14H21FN2. The van der Waals surface area contributed by atoms with Crippen molar-refractivity contribution in [3.63, 3.8) is 0 Å². The first-order valence-corrected chi connectivity index (χ1v) is 6.33. The van der Waals surface area contributed by atoms with Crippen LogP contribution in [0.25, 0.3) is 0 Å². The third-order valence-electron chi connectivity index (χ3n) is 3.48. The van der Waals surface area contributed by atoms with Crippen molar-refractivity contribution in [1.82, 2.24) is 5.32 Å². The normalized spacial score (nSPS) is 17.1. The minimum absolute atomic E-state index is 0.110. The molecule has 1 fully saturated rings. The van der Waals surface area contributed by atoms with E-state index in [0.29, 0.717) is 11.6 Å². The Morgan fingerprint density at radius 1 is 1.29 bits per heavy atom. The fraction of sp³-hybridized carbons (Fsp3) is 0.571. The van der Waals surface area contributed by atoms with Crippen LogP contribution in [0.3, 0.4) is 0 Å². The van der Waals surface area contributed by atoms with E-state index in [1.165, 1.54) is 12.8 Å². The van der Waals surface area contributed by atoms with Crippen LogP contribution in [0.1, 0.15) is 18.4 Å². The summed E-state index contributed by atoms with van der Waals surface area (Å²) >= 11 is 0. The molecule has 0 atom stereocenters. The van der Waals surface area contributed by atoms with Crippen LogP contribution in [0.4, 0.5) is 10.1 Å². The number of halogens is 1. The van der Waals surface area contributed by atoms with E-state index in [1.54, 1.807) is 6.07 Å². The summed E-state index contributed by atoms with van der Waals surface area (Å²) in [5, 5.41) is 3.36. The summed E-state index contributed by atoms with van der Waals surface area (Å²) in [6.07, 6.45) is 3.42. The number of anilines is 1. The van der Waals surface area contributed by atoms with E-state index in [1.807, 2.05) is 25.1 Å². The lowest BCUT2D eigenvalue weighted by Gasteiger charge is -2.23. The first kappa shape index (κ1) is 12.4. The van der Waals surface area contributed by atoms with Crippen molar-refractivity contribution in [3.8, 4) is 0 Å². The van der Waals surface area contributed by atoms with Gasteiger partial charge in [0.1, 0.15) is 5.82 Å². The molecular weight excluding hydrogens is 215 g/mol. The van der Waals surface area contributed by atoms with E-state index in [-0.39, 0.29) is 5.82 Å². The van der Waals surface area contributed by atoms with Gasteiger partial charge in [-0.3, -0.25) is 0 Å². The fourth-order valence-electron chi connectivity index (χ4n) is 2.46. The summed E-state index contributed by atoms with van der Waals surface area (Å²) in [5.74, 6) is 0.599. The van der Waals surface area contributed by atoms with E-state index >= 15 is 0 Å². The monoisotopic (exact) mass is 236 g/mol. The Bertz CT molecular complexity index is 370. The molecule has 2 nitrogen and oxygen atoms in total. The number of nitrogens with one attached hydrogen (secondary N) is 1. The molecule has 0 unspecified atom stereocenters. The quantitative estimate of drug-likeness (QED) is 0.867. The van der Waals surface area contributed by atoms with Crippen molar-refractivity contribution in [1.29, 1.82) is 0 Å². The van der Waals surface area contributed by atoms with Crippen molar-refractivity contribution in [2.45, 2.75) is 19.3 Å². The molecule has 0 amide bonds. The summed E-state index contributed by atoms with van der Waals surface area (Å²) in [6, 6.07) is 5.63. The molecule has 0 bridgehead atoms. The zero-order chi connectivity index (χ0) is 12.3. The zero-order valence-corrected chi connectivity index (χ0v) is 10.7. The van der Waals surface area contributed by atoms with Crippen LogP contribution in [0.15, 0.2) is 18.2 Å². The Labute approximate surface area is 103 Å². The predicted octanol–water partition coefficient (Wildman–Crippen LogP) is 2.43. The van der Waals surface area contributed by atoms with Crippen LogP contribution >= 0.6 is 0 Å². The van der Waals surface area contributed by atoms with Crippen LogP contribution in [-0.2, 0) is 6.42 Å². The van der Waals surface area contributed by atoms with E-state index in [0.717, 1.165) is 25.1 Å². The van der Waals surface area contributed by atoms with Gasteiger partial charge in [0.05, 0.1) is 5.69 Å². The predicted molar refractivity (Wildman–Crippen MR) is 70.0 cm³/mol. The van der Waals surface area contributed by atoms with Gasteiger partial charge in [-0.05, 0) is 56.0 Å². The second kappa shape index (κ2) is 5.50. The topological polar surface area (TPSA) is 15.3 Å². The summed E-state index contributed by atoms with van der Waals surface area (Å²) in [4.78, 5) is 1.81. The number of rotatable bonds is 3. The Kier molecular flexibility index (Phi) is 4.00. The van der Waals surface area contributed by atoms with Gasteiger partial charge < -0.3 is 10.2 Å². The van der Waals surface area contributed by atoms with Gasteiger partial charge in [0.2, 0.25) is 0 Å². The van der Waals surface area contributed by atoms with Crippen LogP contribution in [0.5, 0.6) is 0 Å². The minimum atomic E-state index is -0.110. The molecule has 1 aliphatic rings. The molecule has 1 N–H and O–H groups in total. The van der Waals surface area contributed by atoms with Crippen molar-refractivity contribution in [3.05, 3.63) is 29.6 Å². The molecule has 3 heteroatoms. The molecule has 1 aromatic carbocycles. The second-order valence-electron chi connectivity index (χ2n) is 5.08. The van der Waals surface area contributed by atoms with E-state index < -0.39 is 0 Å². The molecule has 1 saturated heterocycles. The van der Waals surface area contributed by atoms with Gasteiger partial charge in [0.15, 0.2) is 0 Å². The Hall–Kier alpha value is -1.09. The Morgan fingerprint density at radius 2 is 2.00 bits per heavy atom. The van der Waals surface area contributed by atoms with Crippen LogP contribution < -0.4 is 10.2 Å². The standard InChI is InChI=1S/C14H21FN2/c1-17(2)14-4-3-12(10-13(14)15)9-11-5-7-16-8-6-11/h3-4,10-11,16H,5-9H2,1-2H3. The molecule has 1 aromatic rings. The molecule has 2 rings (SSSR count). The van der Waals surface area contributed by atoms with Gasteiger partial charge in [-0.2, -0.15) is 0 Å². The lowest BCUT2D eigenvalue weighted by Crippen LogP contribution is -2.28. The summed E-state index contributed by atoms with van der Waals surface area (Å²) in [6.45, 7) is 2.20. The van der Waals surface area contributed by atoms with Crippen molar-refractivity contribution >= 4 is 5.69 Å². The largest absolute Gasteiger partial charge is 0.375 e. The van der Waals surface area contributed by atoms with Crippen molar-refractivity contribution in [2.75, 3.05) is 32.1 Å². The maximum atomic E-state index is 13.8. The van der Waals surface area contributed by atoms with Gasteiger partial charge in [0.25, 0.3) is 0 Å². The maximum Gasteiger partial charge on any atom is 0.146 e. The fourth-order valence-corrected chi connectivity index (χ4v) is 2.46. The highest BCUT2D eigenvalue weighted by Gasteiger charge is 2.14. The van der Waals surface area contributed by atoms with Crippen LogP contribution in [-0.4, -0.2) is 27.2 Å². The van der Waals surface area contributed by atoms with Gasteiger partial charge >= 0.3 is 0 Å². The van der Waals surface area contributed by atoms with Gasteiger partial charge in [-0.1, -0.05) is 6.07 Å². The average Bonchev–Trinajstić information content (AvgIpc) is 2.30. The van der Waals surface area contributed by atoms with Crippen molar-refractivity contribution < 1.29 is 4.39 Å². The SMILES string of the molecule is CN(C)c1ccc(CC2CCNCC2)cc1F. The Morgan fingerprint density at radius 3 is 2.59 bits per heavy atom. The van der Waals surface area contributed by atoms with E-state index in [9.17, 15) is 4.39 Å². The smallest absolute Gasteiger partial charge is 0.146 e. The number of benzene rings is 1. The molecule has 1 heterocycles. The average molecular weight is 236 g/mol. The number of hydrogen-bond acceptors (Lipinski definition) is 2. The van der Waals surface area contributed by atoms with E-state index in [4.69, 9.17) is 0 Å². The molecule has 17 heavy (non-hydrogen) atoms. The number of hydrogen-bond donors (Lipinski definition) is 1. The highest BCUT2D eigenvalue weighted by molar-refractivity contribution is 5.47. The molecule has 0 aromatic heterocycles. The van der Waals surface area contributed by atoms with Crippen molar-refractivity contribution in [2.24, 2.45) is 5.92 Å². The first-order chi connectivity index (χ1) is 8.16. The molecule has 1 aliphatic heterocycles. The molecule has 0 aliphatic carbocycles. The highest BCUT2D eigenvalue weighted by Crippen LogP contribution is 2.22. The van der Waals surface area contributed by atoms with Gasteiger partial charge in [-0.25, -0.2) is 4.39 Å². The summed E-state index contributed by atoms with van der Waals surface area (Å²) in [7, 11) is 3.73. The minimum Gasteiger partial charge on any atom is -0.375 e. The third-order valence-corrected chi connectivity index (χ3v) is 3.48.